The molecule has 16 rings (SSSR count). The molecular weight excluding hydrogens is 1730 g/mol. The first-order valence-corrected chi connectivity index (χ1v) is 41.3. The van der Waals surface area contributed by atoms with Crippen LogP contribution in [-0.4, -0.2) is 147 Å². The molecule has 4 aliphatic carbocycles. The highest BCUT2D eigenvalue weighted by Gasteiger charge is 2.75. The molecule has 0 amide bonds. The zero-order valence-electron chi connectivity index (χ0n) is 72.0. The van der Waals surface area contributed by atoms with Gasteiger partial charge in [-0.25, -0.2) is 38.0 Å². The van der Waals surface area contributed by atoms with Crippen molar-refractivity contribution in [3.05, 3.63) is 264 Å². The van der Waals surface area contributed by atoms with E-state index in [0.717, 1.165) is 125 Å². The van der Waals surface area contributed by atoms with E-state index >= 15 is 0 Å². The fourth-order valence-electron chi connectivity index (χ4n) is 16.6. The third kappa shape index (κ3) is 17.5. The highest BCUT2D eigenvalue weighted by Crippen LogP contribution is 2.63. The molecule has 4 aliphatic heterocycles. The molecule has 678 valence electrons. The zero-order chi connectivity index (χ0) is 94.5. The summed E-state index contributed by atoms with van der Waals surface area (Å²) in [6, 6.07) is 50.8. The molecule has 8 aliphatic rings. The molecule has 0 spiro atoms. The number of hydrogen-bond donors (Lipinski definition) is 16. The van der Waals surface area contributed by atoms with Crippen molar-refractivity contribution in [2.45, 2.75) is 110 Å². The fraction of sp³-hybridized carbons (Fsp3) is 0.229. The predicted octanol–water partition coefficient (Wildman–Crippen LogP) is 2.71. The van der Waals surface area contributed by atoms with E-state index in [0.29, 0.717) is 73.5 Å². The maximum absolute atomic E-state index is 13.8. The number of aliphatic hydroxyl groups is 6. The molecule has 5 atom stereocenters. The summed E-state index contributed by atoms with van der Waals surface area (Å²) in [7, 11) is -3.57. The molecule has 32 nitrogen and oxygen atoms in total. The Kier molecular flexibility index (Phi) is 27.7. The van der Waals surface area contributed by atoms with Gasteiger partial charge in [0.15, 0.2) is 40.1 Å². The molecule has 3 unspecified atom stereocenters. The van der Waals surface area contributed by atoms with Crippen molar-refractivity contribution in [3.63, 3.8) is 0 Å². The number of phenols is 5. The van der Waals surface area contributed by atoms with Gasteiger partial charge in [0.05, 0.1) is 71.4 Å². The van der Waals surface area contributed by atoms with Crippen LogP contribution in [0.1, 0.15) is 152 Å². The zero-order valence-corrected chi connectivity index (χ0v) is 73.5. The Bertz CT molecular complexity index is 6940. The number of aromatic hydroxyl groups is 5. The smallest absolute Gasteiger partial charge is 0.338 e. The second-order valence-electron chi connectivity index (χ2n) is 31.5. The van der Waals surface area contributed by atoms with Crippen molar-refractivity contribution in [2.24, 2.45) is 0 Å². The van der Waals surface area contributed by atoms with Crippen LogP contribution < -0.4 is 68.6 Å². The number of carbonyl (C=O) groups excluding carboxylic acids is 4. The second-order valence-corrected chi connectivity index (χ2v) is 32.3. The summed E-state index contributed by atoms with van der Waals surface area (Å²) in [5.41, 5.74) is 3.32. The van der Waals surface area contributed by atoms with Crippen LogP contribution in [0.5, 0.6) is 28.7 Å². The number of esters is 2. The Hall–Kier alpha value is -13.7. The topological polar surface area (TPSA) is 582 Å². The molecule has 130 heavy (non-hydrogen) atoms. The monoisotopic (exact) mass is 1820 g/mol. The molecule has 1 fully saturated rings. The number of nitrogens with two attached hydrogens (primary N) is 2. The second kappa shape index (κ2) is 37.2. The molecular formula is C96H92Cl2N4O28. The molecule has 18 N–H and O–H groups in total. The van der Waals surface area contributed by atoms with Crippen molar-refractivity contribution in [1.29, 1.82) is 0 Å². The summed E-state index contributed by atoms with van der Waals surface area (Å²) in [6.07, 6.45) is -2.25. The van der Waals surface area contributed by atoms with E-state index in [4.69, 9.17) is 57.2 Å². The number of nitrogen functional groups attached to an aromatic ring is 1. The number of carbonyl (C=O) groups is 5. The Morgan fingerprint density at radius 3 is 1.62 bits per heavy atom. The van der Waals surface area contributed by atoms with Crippen LogP contribution in [0.15, 0.2) is 194 Å². The van der Waals surface area contributed by atoms with Gasteiger partial charge in [-0.3, -0.25) is 19.8 Å². The number of benzene rings is 11. The predicted molar refractivity (Wildman–Crippen MR) is 459 cm³/mol. The van der Waals surface area contributed by atoms with Gasteiger partial charge in [0.1, 0.15) is 85.8 Å². The molecule has 8 aromatic rings. The number of fused-ring (bicyclic) bond motifs is 8. The molecule has 0 saturated carbocycles. The Balaban J connectivity index is 0.000000166. The highest BCUT2D eigenvalue weighted by atomic mass is 35.7. The number of methoxy groups -OCH3 is 1. The van der Waals surface area contributed by atoms with Gasteiger partial charge in [0, 0.05) is 114 Å². The van der Waals surface area contributed by atoms with Crippen LogP contribution in [0, 0.1) is 31.0 Å². The molecule has 1 saturated heterocycles. The summed E-state index contributed by atoms with van der Waals surface area (Å²) < 4.78 is 68.5. The highest BCUT2D eigenvalue weighted by molar-refractivity contribution is 6.31. The number of rotatable bonds is 13. The van der Waals surface area contributed by atoms with Crippen LogP contribution in [0.25, 0.3) is 100 Å². The summed E-state index contributed by atoms with van der Waals surface area (Å²) >= 11 is 0. The lowest BCUT2D eigenvalue weighted by atomic mass is 9.56. The number of hydrogen-bond acceptors (Lipinski definition) is 29. The quantitative estimate of drug-likeness (QED) is 0.0197. The summed E-state index contributed by atoms with van der Waals surface area (Å²) in [4.78, 5) is 79.2. The van der Waals surface area contributed by atoms with Crippen LogP contribution in [0.2, 0.25) is 0 Å². The number of aliphatic hydroxyl groups excluding tert-OH is 2. The minimum Gasteiger partial charge on any atom is -1.00 e. The first-order valence-electron chi connectivity index (χ1n) is 40.0. The lowest BCUT2D eigenvalue weighted by Crippen LogP contribution is -3.00. The minimum absolute atomic E-state index is 0. The van der Waals surface area contributed by atoms with Gasteiger partial charge >= 0.3 is 17.9 Å². The third-order valence-electron chi connectivity index (χ3n) is 23.6. The van der Waals surface area contributed by atoms with Gasteiger partial charge in [0.25, 0.3) is 0 Å². The van der Waals surface area contributed by atoms with Gasteiger partial charge in [-0.15, -0.1) is 10.2 Å². The van der Waals surface area contributed by atoms with Crippen LogP contribution in [0.3, 0.4) is 0 Å². The van der Waals surface area contributed by atoms with Gasteiger partial charge in [0.2, 0.25) is 5.36 Å². The van der Waals surface area contributed by atoms with Crippen LogP contribution >= 0.6 is 0 Å². The normalized spacial score (nSPS) is 18.2. The summed E-state index contributed by atoms with van der Waals surface area (Å²) in [5, 5.41) is 140. The lowest BCUT2D eigenvalue weighted by Gasteiger charge is -2.65. The average molecular weight is 1820 g/mol. The number of nitrogens with one attached hydrogen (secondary N) is 2. The number of halogens is 2. The number of ether oxygens (including phenoxy) is 3. The number of phenolic OH excluding ortho intramolecular Hbond substituents is 5. The molecule has 34 heteroatoms. The maximum Gasteiger partial charge on any atom is 0.338 e. The van der Waals surface area contributed by atoms with Gasteiger partial charge < -0.3 is 112 Å². The largest absolute Gasteiger partial charge is 1.00 e. The van der Waals surface area contributed by atoms with Gasteiger partial charge in [-0.2, -0.15) is 0 Å². The molecule has 0 bridgehead atoms. The minimum atomic E-state index is -4.94. The molecule has 0 radical (unpaired) electrons. The Labute approximate surface area is 748 Å². The summed E-state index contributed by atoms with van der Waals surface area (Å²) in [6.45, 7) is 17.8. The number of aryl methyl sites for hydroxylation is 2. The van der Waals surface area contributed by atoms with E-state index in [1.807, 2.05) is 73.7 Å². The van der Waals surface area contributed by atoms with Gasteiger partial charge in [-0.05, 0) is 183 Å². The SMILES string of the molecule is CCNc1cc2oc3cc(=[NH+]CC)c(C)cc-3c(-c3ccccc3C(=O)OCC)c2cc1C.COC(=O)c1ccccc1-c1c2ccc(=[NH2+])cc-2oc2cc(N)ccc12.Cc1c2c(cc(O)c1C(O)O)C(=O)c1c(O)c(O)c([C@@]3(C)OC(C)(CO)[C@@](C)(O)C(C)(O)C3(C)O)c(O)c1C2=O.O=C(O)c1ccccc1-c1c2ccc(=O)cc-2oc2cc(O)ccc12.[Cl-].[O-][Cl+3]([O-])([O-])[O-]. The van der Waals surface area contributed by atoms with E-state index < -0.39 is 131 Å². The van der Waals surface area contributed by atoms with E-state index in [1.165, 1.54) is 51.3 Å². The molecule has 0 aromatic heterocycles. The van der Waals surface area contributed by atoms with E-state index in [9.17, 15) is 90.0 Å². The number of carboxylic acids is 1. The van der Waals surface area contributed by atoms with E-state index in [-0.39, 0.29) is 40.7 Å². The van der Waals surface area contributed by atoms with Crippen molar-refractivity contribution in [3.8, 4) is 96.1 Å². The standard InChI is InChI=1S/C28H30N2O3.C27H32O13.C21H16N2O3.C20H12O5.ClHO4.ClH/c1-6-29-23-15-25-21(13-17(23)4)27(19-11-9-10-12-20(19)28(31)32-8-3)22-14-18(5)24(30-7-2)16-26(22)33-25;1-9-12-10(7-11(29)13(9)22(35)36)17(30)14-15(18(12)31)19(32)16(21(34)20(14)33)24(3)26(5,38)27(6,39)25(4,37)23(2,8-28)40-24;1-25-21(24)15-5-3-2-4-14(15)20-16-8-6-12(22)10-18(16)26-19-11-13(23)7-9-17(19)20;21-11-5-7-15-17(9-11)25-18-10-12(22)6-8-16(18)19(15)13-3-1-2-4-14(13)20(23)24;2-1(3,4)5;/h9-16,29H,6-8H2,1-5H3;7,22,28-29,32-39H,8H2,1-6H3;2-11,22H,23H2,1H3;1-10,21H,(H,23,24);(H,2,3,4,5);1H/t;23?,24-,25-,26?,27?;;;;/m.1..../s1. The third-order valence-corrected chi connectivity index (χ3v) is 23.6. The van der Waals surface area contributed by atoms with Crippen molar-refractivity contribution in [1.82, 2.24) is 0 Å². The van der Waals surface area contributed by atoms with Crippen molar-refractivity contribution >= 4 is 73.8 Å². The van der Waals surface area contributed by atoms with Gasteiger partial charge in [-0.1, -0.05) is 54.6 Å². The molecule has 8 aromatic carbocycles. The Morgan fingerprint density at radius 2 is 1.06 bits per heavy atom. The molecule has 4 heterocycles. The first kappa shape index (κ1) is 96.9. The number of ketones is 2. The lowest BCUT2D eigenvalue weighted by molar-refractivity contribution is -2.00. The first-order chi connectivity index (χ1) is 60.7. The number of anilines is 2. The fourth-order valence-corrected chi connectivity index (χ4v) is 16.6. The Morgan fingerprint density at radius 1 is 0.546 bits per heavy atom. The number of carboxylic acid groups (broad SMARTS) is 1. The summed E-state index contributed by atoms with van der Waals surface area (Å²) in [5.74, 6) is -6.57. The van der Waals surface area contributed by atoms with Crippen molar-refractivity contribution < 1.29 is 164 Å². The van der Waals surface area contributed by atoms with Crippen LogP contribution in [0.4, 0.5) is 11.4 Å². The van der Waals surface area contributed by atoms with E-state index in [2.05, 4.69) is 62.3 Å². The maximum atomic E-state index is 13.8. The van der Waals surface area contributed by atoms with Crippen molar-refractivity contribution in [2.75, 3.05) is 44.5 Å². The van der Waals surface area contributed by atoms with E-state index in [1.54, 1.807) is 48.5 Å². The van der Waals surface area contributed by atoms with Crippen LogP contribution in [-0.2, 0) is 19.8 Å². The average Bonchev–Trinajstić information content (AvgIpc) is 0.669. The number of aromatic carboxylic acids is 1.